The number of benzene rings is 2. The molecule has 0 fully saturated rings. The zero-order valence-corrected chi connectivity index (χ0v) is 17.3. The van der Waals surface area contributed by atoms with Crippen LogP contribution in [-0.2, 0) is 11.2 Å². The first-order valence-electron chi connectivity index (χ1n) is 10.5. The Morgan fingerprint density at radius 2 is 1.84 bits per heavy atom. The highest BCUT2D eigenvalue weighted by Gasteiger charge is 2.16. The third-order valence-electron chi connectivity index (χ3n) is 5.52. The number of rotatable bonds is 6. The fourth-order valence-corrected chi connectivity index (χ4v) is 3.99. The van der Waals surface area contributed by atoms with Crippen molar-refractivity contribution < 1.29 is 9.18 Å². The third-order valence-corrected chi connectivity index (χ3v) is 5.52. The molecule has 32 heavy (non-hydrogen) atoms. The lowest BCUT2D eigenvalue weighted by Crippen LogP contribution is -2.11. The second kappa shape index (κ2) is 8.59. The molecular weight excluding hydrogens is 403 g/mol. The molecule has 3 aromatic heterocycles. The molecule has 5 rings (SSSR count). The number of fused-ring (bicyclic) bond motifs is 2. The molecule has 0 aliphatic carbocycles. The third kappa shape index (κ3) is 4.07. The van der Waals surface area contributed by atoms with Crippen molar-refractivity contribution in [2.75, 3.05) is 5.32 Å². The van der Waals surface area contributed by atoms with Gasteiger partial charge in [-0.25, -0.2) is 9.37 Å². The summed E-state index contributed by atoms with van der Waals surface area (Å²) >= 11 is 0. The minimum Gasteiger partial charge on any atom is -0.353 e. The zero-order valence-electron chi connectivity index (χ0n) is 17.3. The molecule has 0 saturated carbocycles. The van der Waals surface area contributed by atoms with Gasteiger partial charge in [0, 0.05) is 40.8 Å². The van der Waals surface area contributed by atoms with Crippen LogP contribution in [0.1, 0.15) is 18.4 Å². The van der Waals surface area contributed by atoms with Crippen molar-refractivity contribution in [2.24, 2.45) is 0 Å². The number of carbonyl (C=O) groups is 1. The van der Waals surface area contributed by atoms with E-state index in [9.17, 15) is 9.18 Å². The molecule has 1 amide bonds. The summed E-state index contributed by atoms with van der Waals surface area (Å²) in [7, 11) is 0. The summed E-state index contributed by atoms with van der Waals surface area (Å²) < 4.78 is 14.0. The van der Waals surface area contributed by atoms with Crippen molar-refractivity contribution in [3.05, 3.63) is 90.5 Å². The van der Waals surface area contributed by atoms with Crippen LogP contribution in [-0.4, -0.2) is 20.9 Å². The molecule has 6 heteroatoms. The van der Waals surface area contributed by atoms with Gasteiger partial charge >= 0.3 is 0 Å². The van der Waals surface area contributed by atoms with Crippen LogP contribution < -0.4 is 5.32 Å². The largest absolute Gasteiger partial charge is 0.353 e. The average Bonchev–Trinajstić information content (AvgIpc) is 3.17. The maximum absolute atomic E-state index is 14.0. The molecule has 0 aliphatic heterocycles. The predicted octanol–water partition coefficient (Wildman–Crippen LogP) is 5.88. The van der Waals surface area contributed by atoms with Crippen LogP contribution in [0.3, 0.4) is 0 Å². The summed E-state index contributed by atoms with van der Waals surface area (Å²) in [5.74, 6) is -0.348. The SMILES string of the molecule is O=C(CCCc1c(-c2ccc3ccccc3n2)[nH]c2ccc(F)cc12)Nc1ccncc1. The number of halogens is 1. The first kappa shape index (κ1) is 19.9. The monoisotopic (exact) mass is 424 g/mol. The molecule has 0 saturated heterocycles. The lowest BCUT2D eigenvalue weighted by Gasteiger charge is -2.07. The Morgan fingerprint density at radius 1 is 1.00 bits per heavy atom. The number of H-pyrrole nitrogens is 1. The van der Waals surface area contributed by atoms with E-state index in [1.807, 2.05) is 36.4 Å². The number of nitrogens with one attached hydrogen (secondary N) is 2. The minimum atomic E-state index is -0.286. The van der Waals surface area contributed by atoms with E-state index >= 15 is 0 Å². The second-order valence-corrected chi connectivity index (χ2v) is 7.70. The fourth-order valence-electron chi connectivity index (χ4n) is 3.99. The average molecular weight is 424 g/mol. The molecule has 2 N–H and O–H groups in total. The molecule has 0 radical (unpaired) electrons. The van der Waals surface area contributed by atoms with E-state index in [2.05, 4.69) is 15.3 Å². The standard InChI is InChI=1S/C26H21FN4O/c27-18-9-11-23-21(16-18)20(5-3-7-25(32)29-19-12-14-28-15-13-19)26(31-23)24-10-8-17-4-1-2-6-22(17)30-24/h1-2,4,6,8-16,31H,3,5,7H2,(H,28,29,32). The van der Waals surface area contributed by atoms with Gasteiger partial charge in [-0.3, -0.25) is 9.78 Å². The molecule has 2 aromatic carbocycles. The van der Waals surface area contributed by atoms with Crippen molar-refractivity contribution >= 4 is 33.4 Å². The number of carbonyl (C=O) groups excluding carboxylic acids is 1. The van der Waals surface area contributed by atoms with Gasteiger partial charge in [0.2, 0.25) is 5.91 Å². The van der Waals surface area contributed by atoms with Gasteiger partial charge in [-0.1, -0.05) is 24.3 Å². The van der Waals surface area contributed by atoms with E-state index in [4.69, 9.17) is 4.98 Å². The lowest BCUT2D eigenvalue weighted by molar-refractivity contribution is -0.116. The fraction of sp³-hybridized carbons (Fsp3) is 0.115. The highest BCUT2D eigenvalue weighted by molar-refractivity contribution is 5.92. The van der Waals surface area contributed by atoms with Crippen LogP contribution in [0.4, 0.5) is 10.1 Å². The number of aromatic nitrogens is 3. The van der Waals surface area contributed by atoms with E-state index in [0.717, 1.165) is 44.4 Å². The number of amides is 1. The van der Waals surface area contributed by atoms with Gasteiger partial charge in [-0.15, -0.1) is 0 Å². The van der Waals surface area contributed by atoms with Crippen LogP contribution in [0.15, 0.2) is 79.1 Å². The number of nitrogens with zero attached hydrogens (tertiary/aromatic N) is 2. The number of anilines is 1. The molecule has 0 bridgehead atoms. The van der Waals surface area contributed by atoms with Crippen molar-refractivity contribution in [2.45, 2.75) is 19.3 Å². The molecular formula is C26H21FN4O. The van der Waals surface area contributed by atoms with Crippen LogP contribution in [0.5, 0.6) is 0 Å². The Balaban J connectivity index is 1.43. The van der Waals surface area contributed by atoms with Crippen molar-refractivity contribution in [3.8, 4) is 11.4 Å². The van der Waals surface area contributed by atoms with E-state index < -0.39 is 0 Å². The van der Waals surface area contributed by atoms with E-state index in [0.29, 0.717) is 19.3 Å². The van der Waals surface area contributed by atoms with Crippen LogP contribution in [0, 0.1) is 5.82 Å². The summed E-state index contributed by atoms with van der Waals surface area (Å²) in [6.45, 7) is 0. The van der Waals surface area contributed by atoms with Crippen LogP contribution >= 0.6 is 0 Å². The molecule has 3 heterocycles. The first-order valence-corrected chi connectivity index (χ1v) is 10.5. The van der Waals surface area contributed by atoms with Crippen molar-refractivity contribution in [3.63, 3.8) is 0 Å². The highest BCUT2D eigenvalue weighted by Crippen LogP contribution is 2.32. The van der Waals surface area contributed by atoms with Crippen molar-refractivity contribution in [1.82, 2.24) is 15.0 Å². The summed E-state index contributed by atoms with van der Waals surface area (Å²) in [5, 5.41) is 4.76. The normalized spacial score (nSPS) is 11.2. The quantitative estimate of drug-likeness (QED) is 0.358. The molecule has 5 aromatic rings. The highest BCUT2D eigenvalue weighted by atomic mass is 19.1. The Morgan fingerprint density at radius 3 is 2.72 bits per heavy atom. The van der Waals surface area contributed by atoms with Gasteiger partial charge in [0.15, 0.2) is 0 Å². The summed E-state index contributed by atoms with van der Waals surface area (Å²) in [4.78, 5) is 24.5. The van der Waals surface area contributed by atoms with E-state index in [-0.39, 0.29) is 11.7 Å². The van der Waals surface area contributed by atoms with E-state index in [1.54, 1.807) is 36.7 Å². The second-order valence-electron chi connectivity index (χ2n) is 7.70. The topological polar surface area (TPSA) is 70.7 Å². The number of aromatic amines is 1. The van der Waals surface area contributed by atoms with E-state index in [1.165, 1.54) is 6.07 Å². The Bertz CT molecular complexity index is 1410. The van der Waals surface area contributed by atoms with Crippen LogP contribution in [0.25, 0.3) is 33.2 Å². The number of para-hydroxylation sites is 1. The van der Waals surface area contributed by atoms with Gasteiger partial charge < -0.3 is 10.3 Å². The zero-order chi connectivity index (χ0) is 21.9. The molecule has 0 spiro atoms. The van der Waals surface area contributed by atoms with Gasteiger partial charge in [-0.2, -0.15) is 0 Å². The molecule has 0 atom stereocenters. The minimum absolute atomic E-state index is 0.0624. The first-order chi connectivity index (χ1) is 15.7. The Kier molecular flexibility index (Phi) is 5.34. The van der Waals surface area contributed by atoms with Gasteiger partial charge in [0.1, 0.15) is 5.82 Å². The van der Waals surface area contributed by atoms with Crippen LogP contribution in [0.2, 0.25) is 0 Å². The Labute approximate surface area is 184 Å². The smallest absolute Gasteiger partial charge is 0.224 e. The molecule has 0 aliphatic rings. The van der Waals surface area contributed by atoms with Crippen molar-refractivity contribution in [1.29, 1.82) is 0 Å². The summed E-state index contributed by atoms with van der Waals surface area (Å²) in [5.41, 5.74) is 5.12. The maximum Gasteiger partial charge on any atom is 0.224 e. The Hall–Kier alpha value is -4.06. The molecule has 5 nitrogen and oxygen atoms in total. The van der Waals surface area contributed by atoms with Gasteiger partial charge in [0.05, 0.1) is 16.9 Å². The maximum atomic E-state index is 14.0. The number of pyridine rings is 2. The van der Waals surface area contributed by atoms with Gasteiger partial charge in [-0.05, 0) is 60.9 Å². The lowest BCUT2D eigenvalue weighted by atomic mass is 10.0. The number of aryl methyl sites for hydroxylation is 1. The molecule has 158 valence electrons. The van der Waals surface area contributed by atoms with Gasteiger partial charge in [0.25, 0.3) is 0 Å². The predicted molar refractivity (Wildman–Crippen MR) is 125 cm³/mol. The number of hydrogen-bond donors (Lipinski definition) is 2. The summed E-state index contributed by atoms with van der Waals surface area (Å²) in [6.07, 6.45) is 4.88. The summed E-state index contributed by atoms with van der Waals surface area (Å²) in [6, 6.07) is 20.2. The number of hydrogen-bond acceptors (Lipinski definition) is 3. The molecule has 0 unspecified atom stereocenters.